The van der Waals surface area contributed by atoms with Crippen LogP contribution in [0.25, 0.3) is 21.8 Å². The highest BCUT2D eigenvalue weighted by Gasteiger charge is 2.15. The second-order valence-corrected chi connectivity index (χ2v) is 6.52. The Morgan fingerprint density at radius 1 is 0.885 bits per heavy atom. The van der Waals surface area contributed by atoms with Crippen LogP contribution in [-0.4, -0.2) is 44.4 Å². The Bertz CT molecular complexity index is 784. The third kappa shape index (κ3) is 4.64. The Morgan fingerprint density at radius 3 is 2.08 bits per heavy atom. The molecule has 3 N–H and O–H groups in total. The molecule has 0 saturated carbocycles. The maximum atomic E-state index is 5.44. The van der Waals surface area contributed by atoms with Crippen LogP contribution < -0.4 is 35.0 Å². The smallest absolute Gasteiger partial charge is 0.148 e. The van der Waals surface area contributed by atoms with Crippen molar-refractivity contribution in [3.63, 3.8) is 0 Å². The lowest BCUT2D eigenvalue weighted by Gasteiger charge is -2.23. The van der Waals surface area contributed by atoms with Crippen LogP contribution in [0.4, 0.5) is 5.69 Å². The number of ether oxygens (including phenoxy) is 1. The Hall–Kier alpha value is -1.43. The number of nitrogens with two attached hydrogens (primary N) is 1. The van der Waals surface area contributed by atoms with Gasteiger partial charge in [0.15, 0.2) is 0 Å². The molecule has 1 aliphatic heterocycles. The Balaban J connectivity index is 0.00000121. The number of pyridine rings is 1. The van der Waals surface area contributed by atoms with Gasteiger partial charge in [0.25, 0.3) is 0 Å². The average molecular weight is 394 g/mol. The fraction of sp³-hybridized carbons (Fsp3) is 0.350. The van der Waals surface area contributed by atoms with Gasteiger partial charge in [0.1, 0.15) is 18.8 Å². The maximum Gasteiger partial charge on any atom is 0.148 e. The third-order valence-corrected chi connectivity index (χ3v) is 4.91. The number of quaternary nitrogens is 2. The first-order valence-corrected chi connectivity index (χ1v) is 8.94. The molecule has 0 atom stereocenters. The first-order valence-electron chi connectivity index (χ1n) is 8.94. The molecule has 0 radical (unpaired) electrons. The van der Waals surface area contributed by atoms with Crippen LogP contribution in [0.5, 0.6) is 0 Å². The second-order valence-electron chi connectivity index (χ2n) is 6.52. The largest absolute Gasteiger partial charge is 1.00 e. The molecule has 0 amide bonds. The summed E-state index contributed by atoms with van der Waals surface area (Å²) in [5.74, 6) is 0. The molecule has 26 heavy (non-hydrogen) atoms. The van der Waals surface area contributed by atoms with E-state index in [1.165, 1.54) is 29.4 Å². The first kappa shape index (κ1) is 20.9. The predicted molar refractivity (Wildman–Crippen MR) is 96.7 cm³/mol. The van der Waals surface area contributed by atoms with Gasteiger partial charge in [0.05, 0.1) is 48.1 Å². The van der Waals surface area contributed by atoms with Crippen LogP contribution in [0.1, 0.15) is 6.42 Å². The minimum absolute atomic E-state index is 0. The van der Waals surface area contributed by atoms with Crippen molar-refractivity contribution in [2.45, 2.75) is 6.42 Å². The van der Waals surface area contributed by atoms with Crippen molar-refractivity contribution < 1.29 is 39.8 Å². The summed E-state index contributed by atoms with van der Waals surface area (Å²) in [6.45, 7) is 6.49. The maximum absolute atomic E-state index is 5.44. The van der Waals surface area contributed by atoms with Gasteiger partial charge in [-0.25, -0.2) is 4.98 Å². The molecule has 140 valence electrons. The molecular weight excluding hydrogens is 369 g/mol. The Kier molecular flexibility index (Phi) is 8.07. The highest BCUT2D eigenvalue weighted by Crippen LogP contribution is 2.26. The monoisotopic (exact) mass is 393 g/mol. The quantitative estimate of drug-likeness (QED) is 0.336. The van der Waals surface area contributed by atoms with Gasteiger partial charge >= 0.3 is 0 Å². The lowest BCUT2D eigenvalue weighted by molar-refractivity contribution is -0.909. The zero-order valence-corrected chi connectivity index (χ0v) is 16.3. The van der Waals surface area contributed by atoms with E-state index in [1.54, 1.807) is 4.90 Å². The summed E-state index contributed by atoms with van der Waals surface area (Å²) < 4.78 is 5.44. The summed E-state index contributed by atoms with van der Waals surface area (Å²) in [7, 11) is 0. The van der Waals surface area contributed by atoms with Gasteiger partial charge in [-0.1, -0.05) is 24.3 Å². The molecule has 0 aliphatic carbocycles. The first-order chi connectivity index (χ1) is 11.9. The molecule has 0 unspecified atom stereocenters. The van der Waals surface area contributed by atoms with E-state index in [0.29, 0.717) is 0 Å². The van der Waals surface area contributed by atoms with E-state index in [4.69, 9.17) is 9.72 Å². The summed E-state index contributed by atoms with van der Waals surface area (Å²) in [6.07, 6.45) is 1.22. The van der Waals surface area contributed by atoms with Gasteiger partial charge < -0.3 is 39.8 Å². The number of para-hydroxylation sites is 2. The van der Waals surface area contributed by atoms with Gasteiger partial charge in [-0.2, -0.15) is 0 Å². The second kappa shape index (κ2) is 10.0. The number of halogens is 2. The molecule has 0 bridgehead atoms. The molecular formula is C20H25Cl2N3O. The molecule has 4 nitrogen and oxygen atoms in total. The summed E-state index contributed by atoms with van der Waals surface area (Å²) in [5.41, 5.74) is 3.51. The van der Waals surface area contributed by atoms with Crippen LogP contribution in [-0.2, 0) is 4.74 Å². The zero-order valence-electron chi connectivity index (χ0n) is 14.8. The number of fused-ring (bicyclic) bond motifs is 2. The van der Waals surface area contributed by atoms with E-state index < -0.39 is 0 Å². The van der Waals surface area contributed by atoms with Crippen LogP contribution >= 0.6 is 0 Å². The van der Waals surface area contributed by atoms with Crippen molar-refractivity contribution >= 4 is 27.5 Å². The van der Waals surface area contributed by atoms with Crippen molar-refractivity contribution in [1.29, 1.82) is 0 Å². The highest BCUT2D eigenvalue weighted by molar-refractivity contribution is 6.03. The summed E-state index contributed by atoms with van der Waals surface area (Å²) >= 11 is 0. The van der Waals surface area contributed by atoms with Gasteiger partial charge in [0, 0.05) is 6.42 Å². The molecule has 6 heteroatoms. The lowest BCUT2D eigenvalue weighted by Crippen LogP contribution is -3.14. The topological polar surface area (TPSA) is 43.2 Å². The standard InChI is InChI=1S/C20H23N3O.2ClH/c1-3-8-18-16(6-1)20(17-7-2-4-9-19(17)22-18)21-10-5-11-23-12-14-24-15-13-23;;/h1-4,6-9H,5,10-15H2,(H,21,22);2*1H. The van der Waals surface area contributed by atoms with Gasteiger partial charge in [0.2, 0.25) is 0 Å². The van der Waals surface area contributed by atoms with E-state index >= 15 is 0 Å². The molecule has 1 fully saturated rings. The minimum Gasteiger partial charge on any atom is -1.00 e. The normalized spacial score (nSPS) is 14.8. The van der Waals surface area contributed by atoms with Crippen molar-refractivity contribution in [2.24, 2.45) is 0 Å². The van der Waals surface area contributed by atoms with E-state index in [1.807, 2.05) is 0 Å². The molecule has 1 saturated heterocycles. The number of hydrogen-bond donors (Lipinski definition) is 2. The van der Waals surface area contributed by atoms with Crippen molar-refractivity contribution in [1.82, 2.24) is 4.98 Å². The SMILES string of the molecule is [Cl-].[Cl-].c1ccc2c([NH2+]CCC[NH+]3CCOCC3)c3ccccc3nc2c1. The number of nitrogens with zero attached hydrogens (tertiary/aromatic N) is 1. The molecule has 1 aliphatic rings. The van der Waals surface area contributed by atoms with Crippen LogP contribution in [0.2, 0.25) is 0 Å². The summed E-state index contributed by atoms with van der Waals surface area (Å²) in [5, 5.41) is 4.93. The average Bonchev–Trinajstić information content (AvgIpc) is 2.65. The van der Waals surface area contributed by atoms with Gasteiger partial charge in [-0.05, 0) is 24.3 Å². The summed E-state index contributed by atoms with van der Waals surface area (Å²) in [6, 6.07) is 16.9. The molecule has 3 aromatic rings. The third-order valence-electron chi connectivity index (χ3n) is 4.91. The predicted octanol–water partition coefficient (Wildman–Crippen LogP) is -5.10. The molecule has 2 aromatic carbocycles. The Morgan fingerprint density at radius 2 is 1.46 bits per heavy atom. The van der Waals surface area contributed by atoms with E-state index in [0.717, 1.165) is 43.9 Å². The van der Waals surface area contributed by atoms with Crippen LogP contribution in [0, 0.1) is 0 Å². The summed E-state index contributed by atoms with van der Waals surface area (Å²) in [4.78, 5) is 6.48. The number of rotatable bonds is 5. The van der Waals surface area contributed by atoms with Crippen molar-refractivity contribution in [2.75, 3.05) is 39.4 Å². The van der Waals surface area contributed by atoms with E-state index in [-0.39, 0.29) is 24.8 Å². The van der Waals surface area contributed by atoms with Crippen molar-refractivity contribution in [3.05, 3.63) is 48.5 Å². The molecule has 1 aromatic heterocycles. The van der Waals surface area contributed by atoms with Crippen molar-refractivity contribution in [3.8, 4) is 0 Å². The number of morpholine rings is 1. The van der Waals surface area contributed by atoms with Gasteiger partial charge in [-0.3, -0.25) is 0 Å². The zero-order chi connectivity index (χ0) is 16.2. The van der Waals surface area contributed by atoms with Crippen LogP contribution in [0.3, 0.4) is 0 Å². The molecule has 4 rings (SSSR count). The number of hydrogen-bond acceptors (Lipinski definition) is 2. The Labute approximate surface area is 166 Å². The highest BCUT2D eigenvalue weighted by atomic mass is 35.5. The molecule has 0 spiro atoms. The fourth-order valence-corrected chi connectivity index (χ4v) is 3.60. The van der Waals surface area contributed by atoms with Gasteiger partial charge in [-0.15, -0.1) is 0 Å². The number of aromatic nitrogens is 1. The number of benzene rings is 2. The minimum atomic E-state index is 0. The number of nitrogens with one attached hydrogen (secondary N) is 1. The lowest BCUT2D eigenvalue weighted by atomic mass is 10.1. The van der Waals surface area contributed by atoms with E-state index in [9.17, 15) is 0 Å². The van der Waals surface area contributed by atoms with Crippen LogP contribution in [0.15, 0.2) is 48.5 Å². The molecule has 2 heterocycles. The fourth-order valence-electron chi connectivity index (χ4n) is 3.60. The van der Waals surface area contributed by atoms with E-state index in [2.05, 4.69) is 53.8 Å².